The number of hydrogen-bond acceptors (Lipinski definition) is 9. The molecule has 0 radical (unpaired) electrons. The highest BCUT2D eigenvalue weighted by atomic mass is 35.5. The second-order valence-electron chi connectivity index (χ2n) is 5.11. The van der Waals surface area contributed by atoms with E-state index in [1.54, 1.807) is 0 Å². The minimum Gasteiger partial charge on any atom is -0.507 e. The highest BCUT2D eigenvalue weighted by molar-refractivity contribution is 7.86. The lowest BCUT2D eigenvalue weighted by Crippen LogP contribution is -2.03. The van der Waals surface area contributed by atoms with Gasteiger partial charge in [0.05, 0.1) is 4.90 Å². The van der Waals surface area contributed by atoms with Gasteiger partial charge in [-0.3, -0.25) is 9.11 Å². The van der Waals surface area contributed by atoms with Crippen molar-refractivity contribution in [2.75, 3.05) is 5.73 Å². The highest BCUT2D eigenvalue weighted by Gasteiger charge is 2.21. The molecular weight excluding hydrogens is 495 g/mol. The SMILES string of the molecule is Clc1nc(Cl)nc(Cl)n1.Nc1ccc(S(=O)(=O)O)c2cc(S(=O)(=O)O)cc(O)c12. The van der Waals surface area contributed by atoms with Gasteiger partial charge in [0.25, 0.3) is 20.2 Å². The Bertz CT molecular complexity index is 1270. The average Bonchev–Trinajstić information content (AvgIpc) is 2.51. The number of aromatic hydroxyl groups is 1. The Hall–Kier alpha value is -2.00. The van der Waals surface area contributed by atoms with Crippen LogP contribution in [-0.2, 0) is 20.2 Å². The van der Waals surface area contributed by atoms with E-state index in [9.17, 15) is 21.9 Å². The predicted molar refractivity (Wildman–Crippen MR) is 105 cm³/mol. The predicted octanol–water partition coefficient (Wildman–Crippen LogP) is 2.45. The fourth-order valence-electron chi connectivity index (χ4n) is 2.11. The summed E-state index contributed by atoms with van der Waals surface area (Å²) in [6.45, 7) is 0. The largest absolute Gasteiger partial charge is 0.507 e. The lowest BCUT2D eigenvalue weighted by molar-refractivity contribution is 0.470. The Morgan fingerprint density at radius 2 is 1.31 bits per heavy atom. The van der Waals surface area contributed by atoms with Gasteiger partial charge in [0.15, 0.2) is 0 Å². The van der Waals surface area contributed by atoms with Crippen LogP contribution in [0.3, 0.4) is 0 Å². The topological polar surface area (TPSA) is 194 Å². The molecule has 0 aliphatic carbocycles. The zero-order valence-corrected chi connectivity index (χ0v) is 17.6. The van der Waals surface area contributed by atoms with E-state index in [4.69, 9.17) is 49.6 Å². The molecule has 0 saturated carbocycles. The second kappa shape index (κ2) is 8.39. The number of phenolic OH excluding ortho intramolecular Hbond substituents is 1. The molecule has 3 rings (SSSR count). The number of benzene rings is 2. The van der Waals surface area contributed by atoms with E-state index in [-0.39, 0.29) is 32.3 Å². The molecule has 11 nitrogen and oxygen atoms in total. The van der Waals surface area contributed by atoms with Gasteiger partial charge in [0.1, 0.15) is 10.6 Å². The highest BCUT2D eigenvalue weighted by Crippen LogP contribution is 2.36. The van der Waals surface area contributed by atoms with E-state index in [1.165, 1.54) is 0 Å². The van der Waals surface area contributed by atoms with Crippen molar-refractivity contribution < 1.29 is 31.0 Å². The van der Waals surface area contributed by atoms with Gasteiger partial charge in [-0.25, -0.2) is 0 Å². The maximum absolute atomic E-state index is 11.3. The molecule has 0 atom stereocenters. The molecule has 0 aliphatic rings. The first-order valence-electron chi connectivity index (χ1n) is 6.93. The molecule has 2 aromatic carbocycles. The van der Waals surface area contributed by atoms with Gasteiger partial charge < -0.3 is 10.8 Å². The van der Waals surface area contributed by atoms with Crippen molar-refractivity contribution in [2.45, 2.75) is 9.79 Å². The van der Waals surface area contributed by atoms with Gasteiger partial charge in [-0.2, -0.15) is 31.8 Å². The van der Waals surface area contributed by atoms with E-state index in [0.29, 0.717) is 0 Å². The van der Waals surface area contributed by atoms with Crippen molar-refractivity contribution in [1.82, 2.24) is 15.0 Å². The maximum Gasteiger partial charge on any atom is 0.295 e. The number of rotatable bonds is 2. The van der Waals surface area contributed by atoms with Gasteiger partial charge in [-0.05, 0) is 53.0 Å². The first kappa shape index (κ1) is 23.3. The monoisotopic (exact) mass is 502 g/mol. The van der Waals surface area contributed by atoms with E-state index in [2.05, 4.69) is 15.0 Å². The van der Waals surface area contributed by atoms with Crippen LogP contribution in [0.15, 0.2) is 34.1 Å². The van der Waals surface area contributed by atoms with Crippen LogP contribution in [0, 0.1) is 0 Å². The minimum atomic E-state index is -4.67. The smallest absolute Gasteiger partial charge is 0.295 e. The molecule has 16 heteroatoms. The van der Waals surface area contributed by atoms with Gasteiger partial charge in [-0.1, -0.05) is 0 Å². The summed E-state index contributed by atoms with van der Waals surface area (Å²) >= 11 is 16.0. The number of hydrogen-bond donors (Lipinski definition) is 4. The molecule has 1 heterocycles. The zero-order valence-electron chi connectivity index (χ0n) is 13.7. The van der Waals surface area contributed by atoms with Crippen molar-refractivity contribution in [3.8, 4) is 5.75 Å². The zero-order chi connectivity index (χ0) is 22.1. The van der Waals surface area contributed by atoms with Crippen molar-refractivity contribution in [3.63, 3.8) is 0 Å². The molecule has 0 bridgehead atoms. The first-order chi connectivity index (χ1) is 13.2. The summed E-state index contributed by atoms with van der Waals surface area (Å²) in [5, 5.41) is 9.29. The minimum absolute atomic E-state index is 0.000000000000000444. The lowest BCUT2D eigenvalue weighted by Gasteiger charge is -2.10. The van der Waals surface area contributed by atoms with Crippen LogP contribution in [0.5, 0.6) is 5.75 Å². The summed E-state index contributed by atoms with van der Waals surface area (Å²) in [6.07, 6.45) is 0. The third kappa shape index (κ3) is 5.76. The van der Waals surface area contributed by atoms with E-state index in [0.717, 1.165) is 24.3 Å². The van der Waals surface area contributed by atoms with Crippen LogP contribution < -0.4 is 5.73 Å². The van der Waals surface area contributed by atoms with Gasteiger partial charge in [0.2, 0.25) is 15.9 Å². The molecule has 0 amide bonds. The Balaban J connectivity index is 0.000000278. The number of halogens is 3. The summed E-state index contributed by atoms with van der Waals surface area (Å²) in [6, 6.07) is 3.62. The molecular formula is C13H9Cl3N4O7S2. The van der Waals surface area contributed by atoms with Gasteiger partial charge in [-0.15, -0.1) is 0 Å². The van der Waals surface area contributed by atoms with Crippen LogP contribution in [0.4, 0.5) is 5.69 Å². The van der Waals surface area contributed by atoms with Crippen molar-refractivity contribution in [3.05, 3.63) is 40.1 Å². The van der Waals surface area contributed by atoms with E-state index in [1.807, 2.05) is 0 Å². The summed E-state index contributed by atoms with van der Waals surface area (Å²) in [7, 11) is -9.34. The Labute approximate surface area is 178 Å². The number of nitrogens with two attached hydrogens (primary N) is 1. The number of nitrogens with zero attached hydrogens (tertiary/aromatic N) is 3. The second-order valence-corrected chi connectivity index (χ2v) is 8.94. The molecule has 0 spiro atoms. The molecule has 0 unspecified atom stereocenters. The Morgan fingerprint density at radius 1 is 0.828 bits per heavy atom. The molecule has 5 N–H and O–H groups in total. The summed E-state index contributed by atoms with van der Waals surface area (Å²) in [5.41, 5.74) is 5.56. The quantitative estimate of drug-likeness (QED) is 0.296. The molecule has 156 valence electrons. The summed E-state index contributed by atoms with van der Waals surface area (Å²) in [4.78, 5) is 9.02. The van der Waals surface area contributed by atoms with E-state index >= 15 is 0 Å². The molecule has 3 aromatic rings. The molecule has 0 fully saturated rings. The fraction of sp³-hybridized carbons (Fsp3) is 0. The van der Waals surface area contributed by atoms with Crippen LogP contribution >= 0.6 is 34.8 Å². The van der Waals surface area contributed by atoms with Crippen LogP contribution in [-0.4, -0.2) is 46.0 Å². The van der Waals surface area contributed by atoms with E-state index < -0.39 is 35.8 Å². The third-order valence-corrected chi connectivity index (χ3v) is 5.44. The third-order valence-electron chi connectivity index (χ3n) is 3.19. The van der Waals surface area contributed by atoms with Crippen LogP contribution in [0.1, 0.15) is 0 Å². The number of anilines is 1. The maximum atomic E-state index is 11.3. The lowest BCUT2D eigenvalue weighted by atomic mass is 10.1. The number of nitrogen functional groups attached to an aromatic ring is 1. The van der Waals surface area contributed by atoms with Gasteiger partial charge in [0, 0.05) is 22.5 Å². The van der Waals surface area contributed by atoms with Crippen molar-refractivity contribution >= 4 is 71.5 Å². The molecule has 0 saturated heterocycles. The van der Waals surface area contributed by atoms with Gasteiger partial charge >= 0.3 is 0 Å². The fourth-order valence-corrected chi connectivity index (χ4v) is 3.93. The number of phenols is 1. The van der Waals surface area contributed by atoms with Crippen molar-refractivity contribution in [2.24, 2.45) is 0 Å². The molecule has 29 heavy (non-hydrogen) atoms. The van der Waals surface area contributed by atoms with Crippen molar-refractivity contribution in [1.29, 1.82) is 0 Å². The Morgan fingerprint density at radius 3 is 1.72 bits per heavy atom. The standard InChI is InChI=1S/C10H9NO7S2.C3Cl3N3/c11-7-1-2-9(20(16,17)18)6-3-5(19(13,14)15)4-8(12)10(6)7;4-1-7-2(5)9-3(6)8-1/h1-4,12H,11H2,(H,13,14,15)(H,16,17,18);. The normalized spacial score (nSPS) is 11.8. The Kier molecular flexibility index (Phi) is 6.74. The van der Waals surface area contributed by atoms with Crippen LogP contribution in [0.2, 0.25) is 15.9 Å². The summed E-state index contributed by atoms with van der Waals surface area (Å²) < 4.78 is 62.7. The van der Waals surface area contributed by atoms with Crippen LogP contribution in [0.25, 0.3) is 10.8 Å². The number of aromatic nitrogens is 3. The number of fused-ring (bicyclic) bond motifs is 1. The molecule has 0 aliphatic heterocycles. The first-order valence-corrected chi connectivity index (χ1v) is 10.9. The summed E-state index contributed by atoms with van der Waals surface area (Å²) in [5.74, 6) is -0.641. The average molecular weight is 504 g/mol. The molecule has 1 aromatic heterocycles.